The van der Waals surface area contributed by atoms with Crippen molar-refractivity contribution in [2.75, 3.05) is 0 Å². The Bertz CT molecular complexity index is 683. The first-order valence-electron chi connectivity index (χ1n) is 5.19. The standard InChI is InChI=1S/C11H9F3N2O2S/c12-8-2-1-3-10(6-8)19(17,18)7-9-4-5-16(15-9)11(13)14/h1-6,11H,7H2. The summed E-state index contributed by atoms with van der Waals surface area (Å²) in [5, 5.41) is 3.44. The van der Waals surface area contributed by atoms with Gasteiger partial charge in [-0.25, -0.2) is 17.5 Å². The van der Waals surface area contributed by atoms with Crippen LogP contribution in [-0.4, -0.2) is 18.2 Å². The van der Waals surface area contributed by atoms with E-state index in [2.05, 4.69) is 5.10 Å². The van der Waals surface area contributed by atoms with Gasteiger partial charge in [0.25, 0.3) is 0 Å². The van der Waals surface area contributed by atoms with Gasteiger partial charge >= 0.3 is 6.55 Å². The summed E-state index contributed by atoms with van der Waals surface area (Å²) in [6, 6.07) is 5.68. The maximum atomic E-state index is 13.0. The van der Waals surface area contributed by atoms with E-state index < -0.39 is 28.0 Å². The molecule has 0 aliphatic rings. The van der Waals surface area contributed by atoms with Crippen LogP contribution in [0.15, 0.2) is 41.4 Å². The summed E-state index contributed by atoms with van der Waals surface area (Å²) in [5.41, 5.74) is -0.0236. The van der Waals surface area contributed by atoms with Crippen molar-refractivity contribution in [1.82, 2.24) is 9.78 Å². The molecule has 0 unspecified atom stereocenters. The van der Waals surface area contributed by atoms with Gasteiger partial charge in [0, 0.05) is 6.20 Å². The van der Waals surface area contributed by atoms with Crippen LogP contribution in [0.3, 0.4) is 0 Å². The van der Waals surface area contributed by atoms with Crippen LogP contribution in [0, 0.1) is 5.82 Å². The predicted molar refractivity (Wildman–Crippen MR) is 60.8 cm³/mol. The van der Waals surface area contributed by atoms with Gasteiger partial charge in [0.15, 0.2) is 9.84 Å². The quantitative estimate of drug-likeness (QED) is 0.868. The van der Waals surface area contributed by atoms with Gasteiger partial charge in [-0.15, -0.1) is 0 Å². The number of sulfone groups is 1. The Morgan fingerprint density at radius 2 is 2.00 bits per heavy atom. The number of halogens is 3. The molecule has 1 aromatic heterocycles. The normalized spacial score (nSPS) is 12.0. The van der Waals surface area contributed by atoms with E-state index in [4.69, 9.17) is 0 Å². The van der Waals surface area contributed by atoms with E-state index in [1.807, 2.05) is 0 Å². The van der Waals surface area contributed by atoms with E-state index >= 15 is 0 Å². The van der Waals surface area contributed by atoms with Gasteiger partial charge in [-0.2, -0.15) is 13.9 Å². The van der Waals surface area contributed by atoms with Gasteiger partial charge in [0.1, 0.15) is 5.82 Å². The average Bonchev–Trinajstić information content (AvgIpc) is 2.77. The fraction of sp³-hybridized carbons (Fsp3) is 0.182. The third-order valence-electron chi connectivity index (χ3n) is 2.36. The van der Waals surface area contributed by atoms with Gasteiger partial charge in [-0.3, -0.25) is 0 Å². The summed E-state index contributed by atoms with van der Waals surface area (Å²) in [6.45, 7) is -2.83. The lowest BCUT2D eigenvalue weighted by Crippen LogP contribution is -2.07. The molecular formula is C11H9F3N2O2S. The zero-order valence-corrected chi connectivity index (χ0v) is 10.3. The van der Waals surface area contributed by atoms with Crippen molar-refractivity contribution in [3.8, 4) is 0 Å². The molecule has 19 heavy (non-hydrogen) atoms. The van der Waals surface area contributed by atoms with Gasteiger partial charge in [0.2, 0.25) is 0 Å². The molecule has 0 saturated carbocycles. The Morgan fingerprint density at radius 1 is 1.26 bits per heavy atom. The molecule has 0 aliphatic heterocycles. The van der Waals surface area contributed by atoms with E-state index in [1.165, 1.54) is 18.2 Å². The molecular weight excluding hydrogens is 281 g/mol. The first-order chi connectivity index (χ1) is 8.88. The van der Waals surface area contributed by atoms with Gasteiger partial charge in [-0.05, 0) is 24.3 Å². The highest BCUT2D eigenvalue weighted by molar-refractivity contribution is 7.90. The van der Waals surface area contributed by atoms with Crippen molar-refractivity contribution in [1.29, 1.82) is 0 Å². The van der Waals surface area contributed by atoms with Gasteiger partial charge in [-0.1, -0.05) is 6.07 Å². The van der Waals surface area contributed by atoms with Crippen LogP contribution in [0.4, 0.5) is 13.2 Å². The summed E-state index contributed by atoms with van der Waals surface area (Å²) < 4.78 is 61.8. The summed E-state index contributed by atoms with van der Waals surface area (Å²) >= 11 is 0. The number of aromatic nitrogens is 2. The Hall–Kier alpha value is -1.83. The fourth-order valence-electron chi connectivity index (χ4n) is 1.50. The molecule has 2 aromatic rings. The Morgan fingerprint density at radius 3 is 2.58 bits per heavy atom. The first kappa shape index (κ1) is 13.6. The summed E-state index contributed by atoms with van der Waals surface area (Å²) in [4.78, 5) is -0.209. The Balaban J connectivity index is 2.26. The summed E-state index contributed by atoms with van der Waals surface area (Å²) in [7, 11) is -3.81. The highest BCUT2D eigenvalue weighted by Crippen LogP contribution is 2.17. The molecule has 0 amide bonds. The van der Waals surface area contributed by atoms with Crippen molar-refractivity contribution in [3.05, 3.63) is 48.0 Å². The molecule has 0 bridgehead atoms. The molecule has 0 aliphatic carbocycles. The topological polar surface area (TPSA) is 52.0 Å². The van der Waals surface area contributed by atoms with Gasteiger partial charge < -0.3 is 0 Å². The Labute approximate surface area is 107 Å². The van der Waals surface area contributed by atoms with Crippen LogP contribution in [0.5, 0.6) is 0 Å². The summed E-state index contributed by atoms with van der Waals surface area (Å²) in [6.07, 6.45) is 0.987. The number of rotatable bonds is 4. The van der Waals surface area contributed by atoms with Crippen molar-refractivity contribution in [2.45, 2.75) is 17.2 Å². The minimum Gasteiger partial charge on any atom is -0.223 e. The molecule has 0 fully saturated rings. The minimum absolute atomic E-state index is 0.0236. The fourth-order valence-corrected chi connectivity index (χ4v) is 2.79. The SMILES string of the molecule is O=S(=O)(Cc1ccn(C(F)F)n1)c1cccc(F)c1. The molecule has 102 valence electrons. The molecule has 2 rings (SSSR count). The third-order valence-corrected chi connectivity index (χ3v) is 4.00. The number of benzene rings is 1. The molecule has 0 spiro atoms. The van der Waals surface area contributed by atoms with Crippen LogP contribution in [0.1, 0.15) is 12.2 Å². The molecule has 0 atom stereocenters. The number of nitrogens with zero attached hydrogens (tertiary/aromatic N) is 2. The maximum Gasteiger partial charge on any atom is 0.333 e. The summed E-state index contributed by atoms with van der Waals surface area (Å²) in [5.74, 6) is -1.24. The molecule has 0 saturated heterocycles. The van der Waals surface area contributed by atoms with Crippen molar-refractivity contribution < 1.29 is 21.6 Å². The molecule has 1 aromatic carbocycles. The molecule has 8 heteroatoms. The van der Waals surface area contributed by atoms with Crippen LogP contribution >= 0.6 is 0 Å². The Kier molecular flexibility index (Phi) is 3.61. The van der Waals surface area contributed by atoms with Crippen molar-refractivity contribution in [2.24, 2.45) is 0 Å². The lowest BCUT2D eigenvalue weighted by Gasteiger charge is -2.02. The van der Waals surface area contributed by atoms with E-state index in [0.29, 0.717) is 4.68 Å². The van der Waals surface area contributed by atoms with E-state index in [1.54, 1.807) is 0 Å². The van der Waals surface area contributed by atoms with Gasteiger partial charge in [0.05, 0.1) is 16.3 Å². The smallest absolute Gasteiger partial charge is 0.223 e. The lowest BCUT2D eigenvalue weighted by atomic mass is 10.4. The highest BCUT2D eigenvalue weighted by atomic mass is 32.2. The number of hydrogen-bond donors (Lipinski definition) is 0. The first-order valence-corrected chi connectivity index (χ1v) is 6.84. The van der Waals surface area contributed by atoms with Crippen molar-refractivity contribution in [3.63, 3.8) is 0 Å². The second kappa shape index (κ2) is 5.04. The molecule has 1 heterocycles. The number of hydrogen-bond acceptors (Lipinski definition) is 3. The minimum atomic E-state index is -3.81. The third kappa shape index (κ3) is 3.14. The molecule has 0 radical (unpaired) electrons. The zero-order chi connectivity index (χ0) is 14.0. The second-order valence-corrected chi connectivity index (χ2v) is 5.77. The molecule has 0 N–H and O–H groups in total. The zero-order valence-electron chi connectivity index (χ0n) is 9.50. The second-order valence-electron chi connectivity index (χ2n) is 3.78. The van der Waals surface area contributed by atoms with Crippen LogP contribution in [-0.2, 0) is 15.6 Å². The maximum absolute atomic E-state index is 13.0. The van der Waals surface area contributed by atoms with E-state index in [-0.39, 0.29) is 10.6 Å². The van der Waals surface area contributed by atoms with E-state index in [9.17, 15) is 21.6 Å². The van der Waals surface area contributed by atoms with Crippen molar-refractivity contribution >= 4 is 9.84 Å². The van der Waals surface area contributed by atoms with Crippen LogP contribution < -0.4 is 0 Å². The largest absolute Gasteiger partial charge is 0.333 e. The van der Waals surface area contributed by atoms with Crippen LogP contribution in [0.25, 0.3) is 0 Å². The average molecular weight is 290 g/mol. The monoisotopic (exact) mass is 290 g/mol. The highest BCUT2D eigenvalue weighted by Gasteiger charge is 2.18. The lowest BCUT2D eigenvalue weighted by molar-refractivity contribution is 0.0562. The van der Waals surface area contributed by atoms with E-state index in [0.717, 1.165) is 18.3 Å². The molecule has 4 nitrogen and oxygen atoms in total. The number of alkyl halides is 2. The van der Waals surface area contributed by atoms with Crippen LogP contribution in [0.2, 0.25) is 0 Å². The predicted octanol–water partition coefficient (Wildman–Crippen LogP) is 2.39.